The van der Waals surface area contributed by atoms with Gasteiger partial charge in [0, 0.05) is 21.7 Å². The zero-order valence-electron chi connectivity index (χ0n) is 22.1. The van der Waals surface area contributed by atoms with E-state index in [1.807, 2.05) is 6.92 Å². The summed E-state index contributed by atoms with van der Waals surface area (Å²) in [6.45, 7) is 3.78. The highest BCUT2D eigenvalue weighted by Gasteiger charge is 2.36. The van der Waals surface area contributed by atoms with Crippen molar-refractivity contribution >= 4 is 45.0 Å². The van der Waals surface area contributed by atoms with Gasteiger partial charge >= 0.3 is 5.97 Å². The smallest absolute Gasteiger partial charge is 0.338 e. The third-order valence-electron chi connectivity index (χ3n) is 6.19. The van der Waals surface area contributed by atoms with E-state index in [0.717, 1.165) is 23.5 Å². The standard InChI is InChI=1S/C27H26BrN3O8S/c1-5-7-18-22(26(34)39-6-2)23(17-12-15(28)8-9-19(17)37-3)30-25(33)21(40-27(30)29-18)11-14-10-16(31(35)36)13-20(38-4)24(14)32/h8-13,23,32H,5-7H2,1-4H3/b21-11-/t23-/m0/s1. The number of methoxy groups -OCH3 is 2. The maximum absolute atomic E-state index is 14.0. The molecule has 0 bridgehead atoms. The molecule has 0 saturated heterocycles. The van der Waals surface area contributed by atoms with Gasteiger partial charge in [0.1, 0.15) is 11.8 Å². The van der Waals surface area contributed by atoms with Gasteiger partial charge in [-0.3, -0.25) is 19.5 Å². The lowest BCUT2D eigenvalue weighted by atomic mass is 9.93. The number of ether oxygens (including phenoxy) is 3. The van der Waals surface area contributed by atoms with Crippen LogP contribution >= 0.6 is 27.3 Å². The molecule has 13 heteroatoms. The maximum Gasteiger partial charge on any atom is 0.338 e. The van der Waals surface area contributed by atoms with Crippen LogP contribution in [0.5, 0.6) is 17.2 Å². The second-order valence-electron chi connectivity index (χ2n) is 8.64. The molecule has 0 fully saturated rings. The first kappa shape index (κ1) is 29.0. The van der Waals surface area contributed by atoms with Crippen LogP contribution in [0.1, 0.15) is 43.9 Å². The summed E-state index contributed by atoms with van der Waals surface area (Å²) in [6.07, 6.45) is 2.48. The number of nitrogens with zero attached hydrogens (tertiary/aromatic N) is 3. The minimum atomic E-state index is -0.931. The van der Waals surface area contributed by atoms with Crippen molar-refractivity contribution in [1.82, 2.24) is 4.57 Å². The number of benzene rings is 2. The number of phenols is 1. The Kier molecular flexibility index (Phi) is 8.74. The molecule has 40 heavy (non-hydrogen) atoms. The number of allylic oxidation sites excluding steroid dienone is 1. The van der Waals surface area contributed by atoms with Gasteiger partial charge in [0.15, 0.2) is 16.3 Å². The minimum absolute atomic E-state index is 0.0197. The molecular formula is C27H26BrN3O8S. The number of aromatic hydroxyl groups is 1. The first-order valence-electron chi connectivity index (χ1n) is 12.3. The predicted octanol–water partition coefficient (Wildman–Crippen LogP) is 3.97. The highest BCUT2D eigenvalue weighted by molar-refractivity contribution is 9.10. The minimum Gasteiger partial charge on any atom is -0.504 e. The number of thiazole rings is 1. The molecule has 0 radical (unpaired) electrons. The van der Waals surface area contributed by atoms with Crippen LogP contribution in [0.2, 0.25) is 0 Å². The number of carbonyl (C=O) groups excluding carboxylic acids is 1. The molecule has 4 rings (SSSR count). The number of phenolic OH excluding ortho intramolecular Hbond substituents is 1. The molecule has 1 atom stereocenters. The highest BCUT2D eigenvalue weighted by atomic mass is 79.9. The fraction of sp³-hybridized carbons (Fsp3) is 0.296. The van der Waals surface area contributed by atoms with E-state index >= 15 is 0 Å². The summed E-state index contributed by atoms with van der Waals surface area (Å²) in [7, 11) is 2.77. The summed E-state index contributed by atoms with van der Waals surface area (Å²) in [5, 5.41) is 22.1. The Morgan fingerprint density at radius 3 is 2.58 bits per heavy atom. The Bertz CT molecular complexity index is 1710. The third-order valence-corrected chi connectivity index (χ3v) is 7.66. The van der Waals surface area contributed by atoms with E-state index in [4.69, 9.17) is 19.2 Å². The zero-order valence-corrected chi connectivity index (χ0v) is 24.5. The van der Waals surface area contributed by atoms with Crippen LogP contribution in [0.4, 0.5) is 5.69 Å². The Morgan fingerprint density at radius 2 is 1.95 bits per heavy atom. The molecular weight excluding hydrogens is 606 g/mol. The second-order valence-corrected chi connectivity index (χ2v) is 10.6. The van der Waals surface area contributed by atoms with Crippen LogP contribution < -0.4 is 24.4 Å². The molecule has 2 aromatic carbocycles. The number of esters is 1. The van der Waals surface area contributed by atoms with E-state index in [9.17, 15) is 24.8 Å². The van der Waals surface area contributed by atoms with Gasteiger partial charge in [-0.1, -0.05) is 40.6 Å². The van der Waals surface area contributed by atoms with Gasteiger partial charge in [0.25, 0.3) is 11.2 Å². The number of nitro benzene ring substituents is 1. The van der Waals surface area contributed by atoms with Crippen molar-refractivity contribution in [2.75, 3.05) is 20.8 Å². The molecule has 0 amide bonds. The Balaban J connectivity index is 2.08. The molecule has 0 unspecified atom stereocenters. The highest BCUT2D eigenvalue weighted by Crippen LogP contribution is 2.39. The molecule has 210 valence electrons. The summed E-state index contributed by atoms with van der Waals surface area (Å²) in [5.74, 6) is -0.622. The van der Waals surface area contributed by atoms with Crippen molar-refractivity contribution < 1.29 is 29.0 Å². The fourth-order valence-corrected chi connectivity index (χ4v) is 5.85. The average molecular weight is 632 g/mol. The largest absolute Gasteiger partial charge is 0.504 e. The predicted molar refractivity (Wildman–Crippen MR) is 152 cm³/mol. The van der Waals surface area contributed by atoms with E-state index in [0.29, 0.717) is 39.1 Å². The first-order valence-corrected chi connectivity index (χ1v) is 13.9. The van der Waals surface area contributed by atoms with E-state index in [1.165, 1.54) is 24.9 Å². The van der Waals surface area contributed by atoms with Crippen LogP contribution in [-0.2, 0) is 9.53 Å². The number of carbonyl (C=O) groups is 1. The number of hydrogen-bond donors (Lipinski definition) is 1. The van der Waals surface area contributed by atoms with Gasteiger partial charge in [-0.25, -0.2) is 9.79 Å². The van der Waals surface area contributed by atoms with Crippen molar-refractivity contribution in [3.8, 4) is 17.2 Å². The lowest BCUT2D eigenvalue weighted by molar-refractivity contribution is -0.385. The SMILES string of the molecule is CCCC1=C(C(=O)OCC)[C@H](c2cc(Br)ccc2OC)n2c(s/c(=C\c3cc([N+](=O)[O-])cc(OC)c3O)c2=O)=N1. The number of nitro groups is 1. The molecule has 2 heterocycles. The van der Waals surface area contributed by atoms with E-state index in [-0.39, 0.29) is 39.5 Å². The van der Waals surface area contributed by atoms with Crippen molar-refractivity contribution in [3.05, 3.63) is 87.0 Å². The first-order chi connectivity index (χ1) is 19.1. The lowest BCUT2D eigenvalue weighted by Crippen LogP contribution is -2.40. The molecule has 3 aromatic rings. The molecule has 0 spiro atoms. The molecule has 0 saturated carbocycles. The number of halogens is 1. The molecule has 1 aliphatic heterocycles. The fourth-order valence-electron chi connectivity index (χ4n) is 4.46. The van der Waals surface area contributed by atoms with Gasteiger partial charge in [-0.2, -0.15) is 0 Å². The number of fused-ring (bicyclic) bond motifs is 1. The monoisotopic (exact) mass is 631 g/mol. The molecule has 1 aromatic heterocycles. The summed E-state index contributed by atoms with van der Waals surface area (Å²) < 4.78 is 18.3. The van der Waals surface area contributed by atoms with Gasteiger partial charge in [-0.05, 0) is 37.6 Å². The van der Waals surface area contributed by atoms with Crippen LogP contribution in [-0.4, -0.2) is 41.4 Å². The normalized spacial score (nSPS) is 14.9. The van der Waals surface area contributed by atoms with Gasteiger partial charge in [0.2, 0.25) is 0 Å². The zero-order chi connectivity index (χ0) is 29.1. The molecule has 1 N–H and O–H groups in total. The average Bonchev–Trinajstić information content (AvgIpc) is 3.23. The Labute approximate surface area is 240 Å². The van der Waals surface area contributed by atoms with Crippen molar-refractivity contribution in [2.45, 2.75) is 32.7 Å². The van der Waals surface area contributed by atoms with E-state index < -0.39 is 22.5 Å². The van der Waals surface area contributed by atoms with Gasteiger partial charge in [0.05, 0.1) is 47.6 Å². The van der Waals surface area contributed by atoms with Crippen LogP contribution in [0.25, 0.3) is 6.08 Å². The van der Waals surface area contributed by atoms with Crippen molar-refractivity contribution in [1.29, 1.82) is 0 Å². The maximum atomic E-state index is 14.0. The van der Waals surface area contributed by atoms with Crippen molar-refractivity contribution in [2.24, 2.45) is 4.99 Å². The number of aromatic nitrogens is 1. The third kappa shape index (κ3) is 5.39. The molecule has 11 nitrogen and oxygen atoms in total. The molecule has 1 aliphatic rings. The van der Waals surface area contributed by atoms with Gasteiger partial charge in [-0.15, -0.1) is 0 Å². The molecule has 0 aliphatic carbocycles. The van der Waals surface area contributed by atoms with Gasteiger partial charge < -0.3 is 19.3 Å². The Hall–Kier alpha value is -3.97. The number of non-ortho nitro benzene ring substituents is 1. The van der Waals surface area contributed by atoms with E-state index in [1.54, 1.807) is 25.1 Å². The van der Waals surface area contributed by atoms with Crippen molar-refractivity contribution in [3.63, 3.8) is 0 Å². The second kappa shape index (κ2) is 12.0. The number of hydrogen-bond acceptors (Lipinski definition) is 10. The Morgan fingerprint density at radius 1 is 1.23 bits per heavy atom. The van der Waals surface area contributed by atoms with Crippen LogP contribution in [0, 0.1) is 10.1 Å². The summed E-state index contributed by atoms with van der Waals surface area (Å²) in [4.78, 5) is 43.2. The number of rotatable bonds is 9. The van der Waals surface area contributed by atoms with Crippen LogP contribution in [0.3, 0.4) is 0 Å². The van der Waals surface area contributed by atoms with E-state index in [2.05, 4.69) is 15.9 Å². The summed E-state index contributed by atoms with van der Waals surface area (Å²) in [5.41, 5.74) is 0.431. The summed E-state index contributed by atoms with van der Waals surface area (Å²) in [6, 6.07) is 6.59. The lowest BCUT2D eigenvalue weighted by Gasteiger charge is -2.27. The van der Waals surface area contributed by atoms with Crippen LogP contribution in [0.15, 0.2) is 55.9 Å². The quantitative estimate of drug-likeness (QED) is 0.212. The summed E-state index contributed by atoms with van der Waals surface area (Å²) >= 11 is 4.51. The topological polar surface area (TPSA) is 142 Å².